The van der Waals surface area contributed by atoms with Gasteiger partial charge in [-0.25, -0.2) is 14.8 Å². The van der Waals surface area contributed by atoms with Crippen LogP contribution in [-0.2, 0) is 4.74 Å². The Bertz CT molecular complexity index is 632. The van der Waals surface area contributed by atoms with Crippen LogP contribution in [0.15, 0.2) is 36.7 Å². The van der Waals surface area contributed by atoms with Gasteiger partial charge in [0.25, 0.3) is 0 Å². The Balaban J connectivity index is 2.20. The number of nitriles is 1. The molecule has 1 aromatic heterocycles. The molecule has 0 amide bonds. The molecular formula is C13H9N3O3. The summed E-state index contributed by atoms with van der Waals surface area (Å²) in [4.78, 5) is 19.0. The van der Waals surface area contributed by atoms with Crippen LogP contribution in [0.2, 0.25) is 0 Å². The van der Waals surface area contributed by atoms with Crippen LogP contribution in [0, 0.1) is 11.3 Å². The number of rotatable bonds is 3. The van der Waals surface area contributed by atoms with E-state index in [1.807, 2.05) is 6.07 Å². The molecule has 0 N–H and O–H groups in total. The molecule has 2 rings (SSSR count). The number of carbonyl (C=O) groups excluding carboxylic acids is 1. The van der Waals surface area contributed by atoms with E-state index in [2.05, 4.69) is 14.7 Å². The van der Waals surface area contributed by atoms with Gasteiger partial charge in [-0.05, 0) is 12.1 Å². The predicted molar refractivity (Wildman–Crippen MR) is 64.6 cm³/mol. The number of ether oxygens (including phenoxy) is 2. The highest BCUT2D eigenvalue weighted by Crippen LogP contribution is 2.22. The van der Waals surface area contributed by atoms with Crippen LogP contribution in [0.1, 0.15) is 16.1 Å². The number of methoxy groups -OCH3 is 1. The third-order valence-corrected chi connectivity index (χ3v) is 2.24. The lowest BCUT2D eigenvalue weighted by molar-refractivity contribution is 0.0593. The maximum Gasteiger partial charge on any atom is 0.358 e. The SMILES string of the molecule is COC(=O)c1cnc(Oc2ccccc2C#N)cn1. The molecule has 6 nitrogen and oxygen atoms in total. The van der Waals surface area contributed by atoms with Crippen molar-refractivity contribution < 1.29 is 14.3 Å². The molecule has 6 heteroatoms. The first-order valence-electron chi connectivity index (χ1n) is 5.32. The minimum absolute atomic E-state index is 0.0865. The zero-order valence-corrected chi connectivity index (χ0v) is 10.0. The Labute approximate surface area is 109 Å². The standard InChI is InChI=1S/C13H9N3O3/c1-18-13(17)10-7-16-12(8-15-10)19-11-5-3-2-4-9(11)6-14/h2-5,7-8H,1H3. The molecule has 2 aromatic rings. The van der Waals surface area contributed by atoms with Crippen LogP contribution >= 0.6 is 0 Å². The Morgan fingerprint density at radius 2 is 2.05 bits per heavy atom. The molecule has 0 unspecified atom stereocenters. The summed E-state index contributed by atoms with van der Waals surface area (Å²) >= 11 is 0. The Hall–Kier alpha value is -2.94. The number of benzene rings is 1. The molecule has 0 saturated carbocycles. The number of nitrogens with zero attached hydrogens (tertiary/aromatic N) is 3. The summed E-state index contributed by atoms with van der Waals surface area (Å²) in [5, 5.41) is 8.92. The van der Waals surface area contributed by atoms with Crippen molar-refractivity contribution in [2.45, 2.75) is 0 Å². The fourth-order valence-electron chi connectivity index (χ4n) is 1.34. The highest BCUT2D eigenvalue weighted by atomic mass is 16.5. The van der Waals surface area contributed by atoms with Crippen LogP contribution in [0.3, 0.4) is 0 Å². The van der Waals surface area contributed by atoms with Crippen LogP contribution < -0.4 is 4.74 Å². The van der Waals surface area contributed by atoms with E-state index in [4.69, 9.17) is 10.00 Å². The second kappa shape index (κ2) is 5.60. The first kappa shape index (κ1) is 12.5. The summed E-state index contributed by atoms with van der Waals surface area (Å²) in [5.74, 6) is -0.00283. The molecule has 0 aliphatic carbocycles. The summed E-state index contributed by atoms with van der Waals surface area (Å²) in [7, 11) is 1.26. The van der Waals surface area contributed by atoms with Gasteiger partial charge in [-0.1, -0.05) is 12.1 Å². The quantitative estimate of drug-likeness (QED) is 0.779. The summed E-state index contributed by atoms with van der Waals surface area (Å²) in [6.45, 7) is 0. The van der Waals surface area contributed by atoms with E-state index < -0.39 is 5.97 Å². The molecule has 1 heterocycles. The van der Waals surface area contributed by atoms with Gasteiger partial charge in [0.05, 0.1) is 25.1 Å². The van der Waals surface area contributed by atoms with Crippen molar-refractivity contribution in [2.75, 3.05) is 7.11 Å². The van der Waals surface area contributed by atoms with Crippen molar-refractivity contribution in [2.24, 2.45) is 0 Å². The minimum atomic E-state index is -0.573. The molecule has 0 saturated heterocycles. The van der Waals surface area contributed by atoms with Crippen LogP contribution in [0.25, 0.3) is 0 Å². The lowest BCUT2D eigenvalue weighted by atomic mass is 10.2. The third kappa shape index (κ3) is 2.84. The van der Waals surface area contributed by atoms with Crippen molar-refractivity contribution in [3.05, 3.63) is 47.9 Å². The zero-order valence-electron chi connectivity index (χ0n) is 10.0. The molecule has 0 bridgehead atoms. The summed E-state index contributed by atoms with van der Waals surface area (Å²) in [5.41, 5.74) is 0.477. The Kier molecular flexibility index (Phi) is 3.69. The number of hydrogen-bond donors (Lipinski definition) is 0. The third-order valence-electron chi connectivity index (χ3n) is 2.24. The normalized spacial score (nSPS) is 9.47. The largest absolute Gasteiger partial charge is 0.464 e. The molecule has 19 heavy (non-hydrogen) atoms. The average molecular weight is 255 g/mol. The number of aromatic nitrogens is 2. The van der Waals surface area contributed by atoms with E-state index in [1.165, 1.54) is 19.5 Å². The predicted octanol–water partition coefficient (Wildman–Crippen LogP) is 1.93. The summed E-state index contributed by atoms with van der Waals surface area (Å²) < 4.78 is 9.93. The van der Waals surface area contributed by atoms with E-state index in [1.54, 1.807) is 24.3 Å². The van der Waals surface area contributed by atoms with E-state index in [0.29, 0.717) is 11.3 Å². The molecule has 0 radical (unpaired) electrons. The lowest BCUT2D eigenvalue weighted by Crippen LogP contribution is -2.04. The van der Waals surface area contributed by atoms with Gasteiger partial charge in [-0.2, -0.15) is 5.26 Å². The second-order valence-corrected chi connectivity index (χ2v) is 3.44. The van der Waals surface area contributed by atoms with Gasteiger partial charge in [0.2, 0.25) is 5.88 Å². The maximum atomic E-state index is 11.2. The highest BCUT2D eigenvalue weighted by Gasteiger charge is 2.09. The van der Waals surface area contributed by atoms with Gasteiger partial charge in [0, 0.05) is 0 Å². The average Bonchev–Trinajstić information content (AvgIpc) is 2.48. The second-order valence-electron chi connectivity index (χ2n) is 3.44. The van der Waals surface area contributed by atoms with Crippen molar-refractivity contribution in [1.29, 1.82) is 5.26 Å². The fraction of sp³-hybridized carbons (Fsp3) is 0.0769. The van der Waals surface area contributed by atoms with E-state index >= 15 is 0 Å². The van der Waals surface area contributed by atoms with Gasteiger partial charge in [-0.3, -0.25) is 0 Å². The van der Waals surface area contributed by atoms with E-state index in [9.17, 15) is 4.79 Å². The molecule has 0 aliphatic rings. The molecule has 0 spiro atoms. The van der Waals surface area contributed by atoms with E-state index in [0.717, 1.165) is 0 Å². The Morgan fingerprint density at radius 1 is 1.26 bits per heavy atom. The molecule has 0 aliphatic heterocycles. The van der Waals surface area contributed by atoms with Crippen LogP contribution in [0.4, 0.5) is 0 Å². The Morgan fingerprint density at radius 3 is 2.68 bits per heavy atom. The minimum Gasteiger partial charge on any atom is -0.464 e. The summed E-state index contributed by atoms with van der Waals surface area (Å²) in [6.07, 6.45) is 2.54. The van der Waals surface area contributed by atoms with E-state index in [-0.39, 0.29) is 11.6 Å². The zero-order chi connectivity index (χ0) is 13.7. The van der Waals surface area contributed by atoms with Crippen LogP contribution in [-0.4, -0.2) is 23.0 Å². The molecule has 1 aromatic carbocycles. The van der Waals surface area contributed by atoms with Gasteiger partial charge in [0.15, 0.2) is 5.69 Å². The van der Waals surface area contributed by atoms with Gasteiger partial charge >= 0.3 is 5.97 Å². The van der Waals surface area contributed by atoms with Gasteiger partial charge < -0.3 is 9.47 Å². The van der Waals surface area contributed by atoms with Gasteiger partial charge in [0.1, 0.15) is 11.8 Å². The van der Waals surface area contributed by atoms with Crippen molar-refractivity contribution in [1.82, 2.24) is 9.97 Å². The number of hydrogen-bond acceptors (Lipinski definition) is 6. The molecule has 0 fully saturated rings. The van der Waals surface area contributed by atoms with Gasteiger partial charge in [-0.15, -0.1) is 0 Å². The molecule has 0 atom stereocenters. The first-order chi connectivity index (χ1) is 9.24. The first-order valence-corrected chi connectivity index (χ1v) is 5.32. The summed E-state index contributed by atoms with van der Waals surface area (Å²) in [6, 6.07) is 8.76. The van der Waals surface area contributed by atoms with Crippen molar-refractivity contribution in [3.63, 3.8) is 0 Å². The van der Waals surface area contributed by atoms with Crippen molar-refractivity contribution in [3.8, 4) is 17.7 Å². The fourth-order valence-corrected chi connectivity index (χ4v) is 1.34. The maximum absolute atomic E-state index is 11.2. The number of esters is 1. The highest BCUT2D eigenvalue weighted by molar-refractivity contribution is 5.86. The smallest absolute Gasteiger partial charge is 0.358 e. The molecular weight excluding hydrogens is 246 g/mol. The lowest BCUT2D eigenvalue weighted by Gasteiger charge is -2.05. The number of para-hydroxylation sites is 1. The van der Waals surface area contributed by atoms with Crippen molar-refractivity contribution >= 4 is 5.97 Å². The number of carbonyl (C=O) groups is 1. The topological polar surface area (TPSA) is 85.1 Å². The monoisotopic (exact) mass is 255 g/mol. The van der Waals surface area contributed by atoms with Crippen LogP contribution in [0.5, 0.6) is 11.6 Å². The molecule has 94 valence electrons.